The molecule has 1 N–H and O–H groups in total. The Morgan fingerprint density at radius 3 is 2.75 bits per heavy atom. The number of nitrogens with zero attached hydrogens (tertiary/aromatic N) is 1. The molecule has 2 aromatic carbocycles. The number of likely N-dealkylation sites (tertiary alicyclic amines) is 1. The third-order valence-electron chi connectivity index (χ3n) is 5.26. The van der Waals surface area contributed by atoms with Crippen LogP contribution in [0.1, 0.15) is 34.8 Å². The van der Waals surface area contributed by atoms with E-state index in [0.717, 1.165) is 47.3 Å². The molecule has 1 fully saturated rings. The van der Waals surface area contributed by atoms with Crippen LogP contribution in [0.3, 0.4) is 0 Å². The fourth-order valence-corrected chi connectivity index (χ4v) is 3.76. The second-order valence-electron chi connectivity index (χ2n) is 6.99. The quantitative estimate of drug-likeness (QED) is 0.666. The van der Waals surface area contributed by atoms with Crippen molar-refractivity contribution in [3.63, 3.8) is 0 Å². The van der Waals surface area contributed by atoms with Crippen molar-refractivity contribution in [1.29, 1.82) is 0 Å². The zero-order chi connectivity index (χ0) is 19.8. The zero-order valence-electron chi connectivity index (χ0n) is 15.3. The summed E-state index contributed by atoms with van der Waals surface area (Å²) in [7, 11) is 1.61. The molecule has 146 valence electrons. The monoisotopic (exact) mass is 388 g/mol. The minimum atomic E-state index is -1.62. The molecule has 1 aromatic heterocycles. The van der Waals surface area contributed by atoms with Gasteiger partial charge in [0.2, 0.25) is 0 Å². The summed E-state index contributed by atoms with van der Waals surface area (Å²) in [5.41, 5.74) is 1.50. The van der Waals surface area contributed by atoms with Crippen LogP contribution in [0.25, 0.3) is 10.9 Å². The summed E-state index contributed by atoms with van der Waals surface area (Å²) >= 11 is 0. The van der Waals surface area contributed by atoms with Gasteiger partial charge in [-0.15, -0.1) is 0 Å². The maximum absolute atomic E-state index is 14.0. The largest absolute Gasteiger partial charge is 0.497 e. The number of aromatic nitrogens is 1. The molecule has 2 heterocycles. The number of H-pyrrole nitrogens is 1. The van der Waals surface area contributed by atoms with E-state index < -0.39 is 28.9 Å². The molecule has 1 aliphatic rings. The van der Waals surface area contributed by atoms with Gasteiger partial charge in [-0.3, -0.25) is 4.79 Å². The smallest absolute Gasteiger partial charge is 0.256 e. The molecule has 1 aliphatic heterocycles. The van der Waals surface area contributed by atoms with Crippen molar-refractivity contribution in [3.05, 3.63) is 65.1 Å². The molecule has 7 heteroatoms. The second kappa shape index (κ2) is 7.22. The molecule has 28 heavy (non-hydrogen) atoms. The average molecular weight is 388 g/mol. The number of ether oxygens (including phenoxy) is 1. The highest BCUT2D eigenvalue weighted by atomic mass is 19.2. The van der Waals surface area contributed by atoms with Crippen LogP contribution in [0.15, 0.2) is 36.4 Å². The summed E-state index contributed by atoms with van der Waals surface area (Å²) in [4.78, 5) is 17.5. The SMILES string of the molecule is COc1ccc2[nH]c(C3CCCN(C(=O)c4ccc(F)c(F)c4F)C3)cc2c1. The van der Waals surface area contributed by atoms with Gasteiger partial charge in [-0.05, 0) is 49.2 Å². The van der Waals surface area contributed by atoms with E-state index in [0.29, 0.717) is 13.1 Å². The molecule has 1 amide bonds. The van der Waals surface area contributed by atoms with Crippen LogP contribution in [0.5, 0.6) is 5.75 Å². The van der Waals surface area contributed by atoms with Gasteiger partial charge in [0.15, 0.2) is 17.5 Å². The Bertz CT molecular complexity index is 1050. The fourth-order valence-electron chi connectivity index (χ4n) is 3.76. The number of amides is 1. The highest BCUT2D eigenvalue weighted by Crippen LogP contribution is 2.31. The Morgan fingerprint density at radius 2 is 1.96 bits per heavy atom. The number of hydrogen-bond donors (Lipinski definition) is 1. The molecule has 1 atom stereocenters. The molecule has 0 saturated carbocycles. The Kier molecular flexibility index (Phi) is 4.75. The summed E-state index contributed by atoms with van der Waals surface area (Å²) in [5, 5.41) is 1.00. The summed E-state index contributed by atoms with van der Waals surface area (Å²) in [6, 6.07) is 9.52. The normalized spacial score (nSPS) is 17.1. The molecular formula is C21H19F3N2O2. The number of nitrogens with one attached hydrogen (secondary N) is 1. The van der Waals surface area contributed by atoms with E-state index in [1.54, 1.807) is 7.11 Å². The highest BCUT2D eigenvalue weighted by Gasteiger charge is 2.29. The first-order valence-corrected chi connectivity index (χ1v) is 9.07. The van der Waals surface area contributed by atoms with Gasteiger partial charge in [-0.1, -0.05) is 0 Å². The van der Waals surface area contributed by atoms with Crippen LogP contribution in [0.2, 0.25) is 0 Å². The molecule has 0 spiro atoms. The van der Waals surface area contributed by atoms with Crippen LogP contribution in [-0.4, -0.2) is 36.0 Å². The Morgan fingerprint density at radius 1 is 1.14 bits per heavy atom. The number of halogens is 3. The average Bonchev–Trinajstić information content (AvgIpc) is 3.15. The maximum Gasteiger partial charge on any atom is 0.256 e. The lowest BCUT2D eigenvalue weighted by atomic mass is 9.94. The van der Waals surface area contributed by atoms with Gasteiger partial charge in [0.05, 0.1) is 12.7 Å². The Labute approximate surface area is 159 Å². The molecular weight excluding hydrogens is 369 g/mol. The van der Waals surface area contributed by atoms with E-state index in [1.807, 2.05) is 24.3 Å². The lowest BCUT2D eigenvalue weighted by Crippen LogP contribution is -2.39. The van der Waals surface area contributed by atoms with Crippen LogP contribution in [0.4, 0.5) is 13.2 Å². The minimum Gasteiger partial charge on any atom is -0.497 e. The fraction of sp³-hybridized carbons (Fsp3) is 0.286. The summed E-state index contributed by atoms with van der Waals surface area (Å²) in [6.45, 7) is 0.822. The van der Waals surface area contributed by atoms with Gasteiger partial charge in [-0.25, -0.2) is 13.2 Å². The number of fused-ring (bicyclic) bond motifs is 1. The van der Waals surface area contributed by atoms with Gasteiger partial charge in [-0.2, -0.15) is 0 Å². The van der Waals surface area contributed by atoms with Crippen molar-refractivity contribution in [2.24, 2.45) is 0 Å². The number of aromatic amines is 1. The molecule has 1 unspecified atom stereocenters. The molecule has 3 aromatic rings. The third-order valence-corrected chi connectivity index (χ3v) is 5.26. The van der Waals surface area contributed by atoms with E-state index >= 15 is 0 Å². The van der Waals surface area contributed by atoms with E-state index in [4.69, 9.17) is 4.74 Å². The zero-order valence-corrected chi connectivity index (χ0v) is 15.3. The minimum absolute atomic E-state index is 0.0458. The van der Waals surface area contributed by atoms with Crippen molar-refractivity contribution >= 4 is 16.8 Å². The standard InChI is InChI=1S/C21H19F3N2O2/c1-28-14-4-7-17-13(9-14)10-18(25-17)12-3-2-8-26(11-12)21(27)15-5-6-16(22)20(24)19(15)23/h4-7,9-10,12,25H,2-3,8,11H2,1H3. The second-order valence-corrected chi connectivity index (χ2v) is 6.99. The molecule has 0 aliphatic carbocycles. The van der Waals surface area contributed by atoms with E-state index in [1.165, 1.54) is 4.90 Å². The van der Waals surface area contributed by atoms with E-state index in [-0.39, 0.29) is 5.92 Å². The summed E-state index contributed by atoms with van der Waals surface area (Å²) in [6.07, 6.45) is 1.61. The van der Waals surface area contributed by atoms with Crippen LogP contribution in [0, 0.1) is 17.5 Å². The van der Waals surface area contributed by atoms with Crippen molar-refractivity contribution in [2.75, 3.05) is 20.2 Å². The van der Waals surface area contributed by atoms with Crippen LogP contribution < -0.4 is 4.74 Å². The molecule has 4 rings (SSSR count). The first-order valence-electron chi connectivity index (χ1n) is 9.07. The van der Waals surface area contributed by atoms with Gasteiger partial charge in [0.25, 0.3) is 5.91 Å². The number of rotatable bonds is 3. The number of piperidine rings is 1. The van der Waals surface area contributed by atoms with E-state index in [9.17, 15) is 18.0 Å². The van der Waals surface area contributed by atoms with Crippen molar-refractivity contribution in [3.8, 4) is 5.75 Å². The number of carbonyl (C=O) groups is 1. The first-order chi connectivity index (χ1) is 13.5. The Balaban J connectivity index is 1.58. The number of hydrogen-bond acceptors (Lipinski definition) is 2. The van der Waals surface area contributed by atoms with Gasteiger partial charge < -0.3 is 14.6 Å². The molecule has 0 bridgehead atoms. The lowest BCUT2D eigenvalue weighted by Gasteiger charge is -2.32. The van der Waals surface area contributed by atoms with Crippen LogP contribution in [-0.2, 0) is 0 Å². The predicted octanol–water partition coefficient (Wildman–Crippen LogP) is 4.61. The molecule has 0 radical (unpaired) electrons. The first kappa shape index (κ1) is 18.4. The lowest BCUT2D eigenvalue weighted by molar-refractivity contribution is 0.0700. The topological polar surface area (TPSA) is 45.3 Å². The Hall–Kier alpha value is -2.96. The number of methoxy groups -OCH3 is 1. The van der Waals surface area contributed by atoms with Gasteiger partial charge >= 0.3 is 0 Å². The van der Waals surface area contributed by atoms with Crippen molar-refractivity contribution in [2.45, 2.75) is 18.8 Å². The molecule has 1 saturated heterocycles. The van der Waals surface area contributed by atoms with Gasteiger partial charge in [0, 0.05) is 35.6 Å². The van der Waals surface area contributed by atoms with Crippen molar-refractivity contribution < 1.29 is 22.7 Å². The van der Waals surface area contributed by atoms with Crippen molar-refractivity contribution in [1.82, 2.24) is 9.88 Å². The number of carbonyl (C=O) groups excluding carboxylic acids is 1. The van der Waals surface area contributed by atoms with E-state index in [2.05, 4.69) is 4.98 Å². The summed E-state index contributed by atoms with van der Waals surface area (Å²) < 4.78 is 45.9. The third kappa shape index (κ3) is 3.21. The van der Waals surface area contributed by atoms with Crippen LogP contribution >= 0.6 is 0 Å². The highest BCUT2D eigenvalue weighted by molar-refractivity contribution is 5.94. The summed E-state index contributed by atoms with van der Waals surface area (Å²) in [5.74, 6) is -4.19. The number of benzene rings is 2. The predicted molar refractivity (Wildman–Crippen MR) is 99.0 cm³/mol. The van der Waals surface area contributed by atoms with Gasteiger partial charge in [0.1, 0.15) is 5.75 Å². The maximum atomic E-state index is 14.0. The molecule has 4 nitrogen and oxygen atoms in total.